The average Bonchev–Trinajstić information content (AvgIpc) is 2.45. The monoisotopic (exact) mass is 383 g/mol. The molecule has 1 atom stereocenters. The van der Waals surface area contributed by atoms with Crippen LogP contribution < -0.4 is 10.5 Å². The Morgan fingerprint density at radius 1 is 1.20 bits per heavy atom. The summed E-state index contributed by atoms with van der Waals surface area (Å²) in [6, 6.07) is 12.0. The highest BCUT2D eigenvalue weighted by atomic mass is 127. The lowest BCUT2D eigenvalue weighted by Gasteiger charge is -2.08. The van der Waals surface area contributed by atoms with Gasteiger partial charge in [0.15, 0.2) is 0 Å². The van der Waals surface area contributed by atoms with Crippen molar-refractivity contribution in [1.29, 1.82) is 0 Å². The third kappa shape index (κ3) is 3.94. The minimum atomic E-state index is -0.472. The molecule has 0 aliphatic rings. The molecular weight excluding hydrogens is 369 g/mol. The number of rotatable bonds is 5. The molecule has 0 amide bonds. The summed E-state index contributed by atoms with van der Waals surface area (Å²) >= 11 is 2.04. The maximum atomic E-state index is 10.5. The molecule has 0 heterocycles. The van der Waals surface area contributed by atoms with E-state index in [0.717, 1.165) is 15.4 Å². The van der Waals surface area contributed by atoms with Crippen molar-refractivity contribution in [3.63, 3.8) is 0 Å². The van der Waals surface area contributed by atoms with Crippen LogP contribution in [0.1, 0.15) is 5.56 Å². The van der Waals surface area contributed by atoms with Crippen LogP contribution in [0, 0.1) is 3.57 Å². The van der Waals surface area contributed by atoms with Crippen molar-refractivity contribution in [2.75, 3.05) is 0 Å². The van der Waals surface area contributed by atoms with Crippen molar-refractivity contribution in [3.05, 3.63) is 51.6 Å². The first-order valence-corrected chi connectivity index (χ1v) is 7.12. The normalized spacial score (nSPS) is 11.9. The number of hydrogen-bond donors (Lipinski definition) is 2. The Kier molecular flexibility index (Phi) is 4.97. The van der Waals surface area contributed by atoms with Crippen LogP contribution >= 0.6 is 22.6 Å². The molecule has 2 aromatic carbocycles. The largest absolute Gasteiger partial charge is 0.507 e. The third-order valence-corrected chi connectivity index (χ3v) is 3.59. The molecule has 0 spiro atoms. The van der Waals surface area contributed by atoms with Crippen LogP contribution in [-0.2, 0) is 11.2 Å². The van der Waals surface area contributed by atoms with Crippen molar-refractivity contribution >= 4 is 28.9 Å². The van der Waals surface area contributed by atoms with Gasteiger partial charge in [0.25, 0.3) is 0 Å². The highest BCUT2D eigenvalue weighted by Gasteiger charge is 2.04. The molecule has 4 nitrogen and oxygen atoms in total. The van der Waals surface area contributed by atoms with Gasteiger partial charge in [0.1, 0.15) is 23.5 Å². The molecule has 20 heavy (non-hydrogen) atoms. The zero-order chi connectivity index (χ0) is 14.5. The second kappa shape index (κ2) is 6.71. The van der Waals surface area contributed by atoms with Crippen LogP contribution in [0.15, 0.2) is 42.5 Å². The van der Waals surface area contributed by atoms with Gasteiger partial charge in [-0.1, -0.05) is 12.1 Å². The summed E-state index contributed by atoms with van der Waals surface area (Å²) in [7, 11) is 0. The van der Waals surface area contributed by atoms with E-state index in [4.69, 9.17) is 10.5 Å². The summed E-state index contributed by atoms with van der Waals surface area (Å²) < 4.78 is 6.41. The van der Waals surface area contributed by atoms with Crippen molar-refractivity contribution in [1.82, 2.24) is 0 Å². The van der Waals surface area contributed by atoms with Gasteiger partial charge in [0.05, 0.1) is 9.61 Å². The molecule has 0 saturated heterocycles. The number of benzene rings is 2. The van der Waals surface area contributed by atoms with E-state index in [9.17, 15) is 9.90 Å². The number of phenolic OH excluding ortho intramolecular Hbond substituents is 1. The second-order valence-corrected chi connectivity index (χ2v) is 5.53. The lowest BCUT2D eigenvalue weighted by atomic mass is 10.1. The summed E-state index contributed by atoms with van der Waals surface area (Å²) in [5, 5.41) is 9.45. The third-order valence-electron chi connectivity index (χ3n) is 2.72. The first kappa shape index (κ1) is 14.8. The molecule has 0 aliphatic carbocycles. The smallest absolute Gasteiger partial charge is 0.137 e. The first-order chi connectivity index (χ1) is 9.58. The van der Waals surface area contributed by atoms with Crippen molar-refractivity contribution in [2.24, 2.45) is 5.73 Å². The highest BCUT2D eigenvalue weighted by molar-refractivity contribution is 14.1. The number of halogens is 1. The Hall–Kier alpha value is -1.60. The number of nitrogens with two attached hydrogens (primary N) is 1. The van der Waals surface area contributed by atoms with Gasteiger partial charge in [-0.3, -0.25) is 0 Å². The van der Waals surface area contributed by atoms with Crippen LogP contribution in [0.4, 0.5) is 0 Å². The molecule has 0 saturated carbocycles. The number of hydrogen-bond acceptors (Lipinski definition) is 4. The van der Waals surface area contributed by atoms with E-state index in [1.807, 2.05) is 46.9 Å². The van der Waals surface area contributed by atoms with E-state index in [-0.39, 0.29) is 5.75 Å². The molecule has 3 N–H and O–H groups in total. The van der Waals surface area contributed by atoms with Crippen molar-refractivity contribution in [3.8, 4) is 17.2 Å². The van der Waals surface area contributed by atoms with Crippen LogP contribution in [0.3, 0.4) is 0 Å². The predicted octanol–water partition coefficient (Wildman–Crippen LogP) is 2.86. The van der Waals surface area contributed by atoms with Crippen molar-refractivity contribution < 1.29 is 14.6 Å². The molecule has 0 radical (unpaired) electrons. The number of phenols is 1. The molecule has 2 rings (SSSR count). The van der Waals surface area contributed by atoms with E-state index in [2.05, 4.69) is 0 Å². The number of carbonyl (C=O) groups excluding carboxylic acids is 1. The Balaban J connectivity index is 2.06. The second-order valence-electron chi connectivity index (χ2n) is 4.36. The molecule has 1 unspecified atom stereocenters. The van der Waals surface area contributed by atoms with Gasteiger partial charge in [-0.15, -0.1) is 0 Å². The van der Waals surface area contributed by atoms with Gasteiger partial charge in [0, 0.05) is 0 Å². The summed E-state index contributed by atoms with van der Waals surface area (Å²) in [4.78, 5) is 10.5. The molecule has 104 valence electrons. The zero-order valence-corrected chi connectivity index (χ0v) is 12.8. The summed E-state index contributed by atoms with van der Waals surface area (Å²) in [6.07, 6.45) is 1.25. The zero-order valence-electron chi connectivity index (χ0n) is 10.6. The maximum Gasteiger partial charge on any atom is 0.137 e. The van der Waals surface area contributed by atoms with Gasteiger partial charge < -0.3 is 20.4 Å². The van der Waals surface area contributed by atoms with E-state index in [1.54, 1.807) is 18.2 Å². The SMILES string of the molecule is NC(C=O)Cc1ccc(Oc2ccc(O)c(I)c2)cc1. The maximum absolute atomic E-state index is 10.5. The molecule has 0 aliphatic heterocycles. The Morgan fingerprint density at radius 3 is 2.45 bits per heavy atom. The van der Waals surface area contributed by atoms with E-state index < -0.39 is 6.04 Å². The fourth-order valence-corrected chi connectivity index (χ4v) is 2.19. The molecule has 5 heteroatoms. The van der Waals surface area contributed by atoms with Gasteiger partial charge in [-0.2, -0.15) is 0 Å². The quantitative estimate of drug-likeness (QED) is 0.615. The van der Waals surface area contributed by atoms with E-state index in [1.165, 1.54) is 0 Å². The Labute approximate surface area is 130 Å². The average molecular weight is 383 g/mol. The van der Waals surface area contributed by atoms with E-state index in [0.29, 0.717) is 17.9 Å². The minimum Gasteiger partial charge on any atom is -0.507 e. The summed E-state index contributed by atoms with van der Waals surface area (Å²) in [5.74, 6) is 1.58. The lowest BCUT2D eigenvalue weighted by molar-refractivity contribution is -0.108. The number of carbonyl (C=O) groups is 1. The fourth-order valence-electron chi connectivity index (χ4n) is 1.70. The van der Waals surface area contributed by atoms with Gasteiger partial charge in [-0.25, -0.2) is 0 Å². The van der Waals surface area contributed by atoms with Gasteiger partial charge in [0.2, 0.25) is 0 Å². The van der Waals surface area contributed by atoms with Crippen LogP contribution in [0.5, 0.6) is 17.2 Å². The molecular formula is C15H14INO3. The summed E-state index contributed by atoms with van der Waals surface area (Å²) in [6.45, 7) is 0. The number of aromatic hydroxyl groups is 1. The van der Waals surface area contributed by atoms with Gasteiger partial charge >= 0.3 is 0 Å². The van der Waals surface area contributed by atoms with Crippen LogP contribution in [-0.4, -0.2) is 17.4 Å². The van der Waals surface area contributed by atoms with E-state index >= 15 is 0 Å². The first-order valence-electron chi connectivity index (χ1n) is 6.04. The lowest BCUT2D eigenvalue weighted by Crippen LogP contribution is -2.23. The molecule has 2 aromatic rings. The highest BCUT2D eigenvalue weighted by Crippen LogP contribution is 2.28. The van der Waals surface area contributed by atoms with Crippen LogP contribution in [0.25, 0.3) is 0 Å². The number of aldehydes is 1. The fraction of sp³-hybridized carbons (Fsp3) is 0.133. The van der Waals surface area contributed by atoms with Crippen LogP contribution in [0.2, 0.25) is 0 Å². The standard InChI is InChI=1S/C15H14INO3/c16-14-8-13(5-6-15(14)19)20-12-3-1-10(2-4-12)7-11(17)9-18/h1-6,8-9,11,19H,7,17H2. The molecule has 0 aromatic heterocycles. The minimum absolute atomic E-state index is 0.233. The Bertz CT molecular complexity index is 599. The Morgan fingerprint density at radius 2 is 1.85 bits per heavy atom. The number of ether oxygens (including phenoxy) is 1. The molecule has 0 bridgehead atoms. The van der Waals surface area contributed by atoms with Crippen molar-refractivity contribution in [2.45, 2.75) is 12.5 Å². The van der Waals surface area contributed by atoms with Gasteiger partial charge in [-0.05, 0) is 64.9 Å². The topological polar surface area (TPSA) is 72.6 Å². The predicted molar refractivity (Wildman–Crippen MR) is 85.1 cm³/mol. The molecule has 0 fully saturated rings. The summed E-state index contributed by atoms with van der Waals surface area (Å²) in [5.41, 5.74) is 6.56.